The van der Waals surface area contributed by atoms with Gasteiger partial charge >= 0.3 is 0 Å². The van der Waals surface area contributed by atoms with Crippen LogP contribution < -0.4 is 0 Å². The number of nitriles is 1. The Kier molecular flexibility index (Phi) is 6.76. The monoisotopic (exact) mass is 259 g/mol. The average Bonchev–Trinajstić information content (AvgIpc) is 1.98. The lowest BCUT2D eigenvalue weighted by molar-refractivity contribution is 1.55. The van der Waals surface area contributed by atoms with E-state index in [2.05, 4.69) is 15.9 Å². The predicted molar refractivity (Wildman–Crippen MR) is 50.6 cm³/mol. The zero-order valence-corrected chi connectivity index (χ0v) is 8.82. The molecule has 10 heavy (non-hydrogen) atoms. The predicted octanol–water partition coefficient (Wildman–Crippen LogP) is 3.28. The lowest BCUT2D eigenvalue weighted by atomic mass is 10.6. The summed E-state index contributed by atoms with van der Waals surface area (Å²) in [6, 6.07) is 0. The molecular formula is C5H4BrCl2NS. The third-order valence-electron chi connectivity index (χ3n) is 0.675. The van der Waals surface area contributed by atoms with Crippen LogP contribution >= 0.6 is 50.9 Å². The summed E-state index contributed by atoms with van der Waals surface area (Å²) < 4.78 is 0. The van der Waals surface area contributed by atoms with Crippen LogP contribution in [0.3, 0.4) is 0 Å². The minimum absolute atomic E-state index is 0.461. The van der Waals surface area contributed by atoms with Crippen molar-refractivity contribution in [2.75, 3.05) is 11.1 Å². The molecule has 0 heterocycles. The van der Waals surface area contributed by atoms with E-state index in [1.54, 1.807) is 0 Å². The van der Waals surface area contributed by atoms with E-state index < -0.39 is 0 Å². The summed E-state index contributed by atoms with van der Waals surface area (Å²) in [5, 5.41) is 11.7. The van der Waals surface area contributed by atoms with Crippen molar-refractivity contribution in [3.63, 3.8) is 0 Å². The fourth-order valence-electron chi connectivity index (χ4n) is 0.246. The van der Waals surface area contributed by atoms with Crippen molar-refractivity contribution in [1.29, 1.82) is 5.26 Å². The lowest BCUT2D eigenvalue weighted by Gasteiger charge is -1.94. The smallest absolute Gasteiger partial charge is 0.133 e. The van der Waals surface area contributed by atoms with Crippen molar-refractivity contribution in [3.8, 4) is 5.40 Å². The summed E-state index contributed by atoms with van der Waals surface area (Å²) >= 11 is 15.5. The van der Waals surface area contributed by atoms with E-state index in [1.807, 2.05) is 5.40 Å². The number of thiocyanates is 1. The zero-order valence-electron chi connectivity index (χ0n) is 4.90. The van der Waals surface area contributed by atoms with Gasteiger partial charge in [-0.05, 0) is 11.8 Å². The van der Waals surface area contributed by atoms with E-state index in [-0.39, 0.29) is 0 Å². The number of halogens is 3. The largest absolute Gasteiger partial charge is 0.185 e. The zero-order chi connectivity index (χ0) is 7.98. The molecule has 5 heteroatoms. The van der Waals surface area contributed by atoms with Crippen LogP contribution in [0.25, 0.3) is 0 Å². The number of alkyl halides is 1. The van der Waals surface area contributed by atoms with Crippen LogP contribution in [-0.2, 0) is 0 Å². The maximum absolute atomic E-state index is 8.15. The maximum atomic E-state index is 8.15. The highest BCUT2D eigenvalue weighted by Gasteiger charge is 1.99. The van der Waals surface area contributed by atoms with Crippen molar-refractivity contribution < 1.29 is 0 Å². The van der Waals surface area contributed by atoms with Gasteiger partial charge in [0, 0.05) is 21.1 Å². The topological polar surface area (TPSA) is 23.8 Å². The summed E-state index contributed by atoms with van der Waals surface area (Å²) in [6.45, 7) is 0. The van der Waals surface area contributed by atoms with E-state index in [9.17, 15) is 0 Å². The summed E-state index contributed by atoms with van der Waals surface area (Å²) in [4.78, 5) is 0. The van der Waals surface area contributed by atoms with Gasteiger partial charge in [-0.2, -0.15) is 5.26 Å². The number of rotatable bonds is 3. The van der Waals surface area contributed by atoms with E-state index in [0.717, 1.165) is 11.8 Å². The minimum atomic E-state index is 0.461. The van der Waals surface area contributed by atoms with Crippen molar-refractivity contribution in [2.24, 2.45) is 0 Å². The molecule has 0 aliphatic rings. The second-order valence-electron chi connectivity index (χ2n) is 1.32. The molecule has 0 aromatic carbocycles. The van der Waals surface area contributed by atoms with Crippen LogP contribution in [0, 0.1) is 10.7 Å². The fourth-order valence-corrected chi connectivity index (χ4v) is 1.49. The molecule has 0 saturated carbocycles. The van der Waals surface area contributed by atoms with Gasteiger partial charge in [-0.25, -0.2) is 0 Å². The van der Waals surface area contributed by atoms with Gasteiger partial charge in [-0.15, -0.1) is 0 Å². The number of allylic oxidation sites excluding steroid dienone is 1. The molecule has 0 saturated heterocycles. The van der Waals surface area contributed by atoms with Gasteiger partial charge in [-0.3, -0.25) is 0 Å². The van der Waals surface area contributed by atoms with Gasteiger partial charge in [0.05, 0.1) is 0 Å². The van der Waals surface area contributed by atoms with Crippen LogP contribution in [0.5, 0.6) is 0 Å². The van der Waals surface area contributed by atoms with Crippen LogP contribution in [0.15, 0.2) is 10.1 Å². The molecule has 0 aliphatic heterocycles. The molecule has 0 unspecified atom stereocenters. The summed E-state index contributed by atoms with van der Waals surface area (Å²) in [5.41, 5.74) is 0. The van der Waals surface area contributed by atoms with Gasteiger partial charge in [0.2, 0.25) is 0 Å². The molecule has 0 radical (unpaired) electrons. The minimum Gasteiger partial charge on any atom is -0.185 e. The van der Waals surface area contributed by atoms with Gasteiger partial charge in [0.15, 0.2) is 0 Å². The fraction of sp³-hybridized carbons (Fsp3) is 0.400. The molecule has 56 valence electrons. The summed E-state index contributed by atoms with van der Waals surface area (Å²) in [6.07, 6.45) is 0. The van der Waals surface area contributed by atoms with E-state index in [0.29, 0.717) is 21.1 Å². The molecule has 0 aromatic heterocycles. The molecule has 0 rings (SSSR count). The van der Waals surface area contributed by atoms with Gasteiger partial charge < -0.3 is 0 Å². The Balaban J connectivity index is 3.82. The lowest BCUT2D eigenvalue weighted by Crippen LogP contribution is -1.82. The summed E-state index contributed by atoms with van der Waals surface area (Å²) in [7, 11) is 0. The second kappa shape index (κ2) is 6.36. The first kappa shape index (κ1) is 10.6. The van der Waals surface area contributed by atoms with Crippen LogP contribution in [0.4, 0.5) is 0 Å². The van der Waals surface area contributed by atoms with E-state index >= 15 is 0 Å². The molecule has 0 amide bonds. The highest BCUT2D eigenvalue weighted by Crippen LogP contribution is 2.19. The van der Waals surface area contributed by atoms with E-state index in [1.165, 1.54) is 0 Å². The first-order valence-corrected chi connectivity index (χ1v) is 5.18. The van der Waals surface area contributed by atoms with Gasteiger partial charge in [-0.1, -0.05) is 39.1 Å². The molecule has 0 spiro atoms. The molecule has 0 fully saturated rings. The van der Waals surface area contributed by atoms with Crippen molar-refractivity contribution >= 4 is 50.9 Å². The highest BCUT2D eigenvalue weighted by molar-refractivity contribution is 9.09. The Labute approximate surface area is 82.5 Å². The summed E-state index contributed by atoms with van der Waals surface area (Å²) in [5.74, 6) is 0.461. The molecule has 0 aliphatic carbocycles. The quantitative estimate of drug-likeness (QED) is 0.575. The molecule has 0 aromatic rings. The molecule has 0 N–H and O–H groups in total. The molecule has 0 atom stereocenters. The first-order chi connectivity index (χ1) is 4.72. The molecule has 1 nitrogen and oxygen atoms in total. The van der Waals surface area contributed by atoms with Gasteiger partial charge in [0.1, 0.15) is 5.40 Å². The van der Waals surface area contributed by atoms with Crippen molar-refractivity contribution in [1.82, 2.24) is 0 Å². The molecular weight excluding hydrogens is 257 g/mol. The highest BCUT2D eigenvalue weighted by atomic mass is 79.9. The van der Waals surface area contributed by atoms with Crippen molar-refractivity contribution in [3.05, 3.63) is 10.1 Å². The Morgan fingerprint density at radius 2 is 2.10 bits per heavy atom. The first-order valence-electron chi connectivity index (χ1n) is 2.32. The second-order valence-corrected chi connectivity index (χ2v) is 3.56. The number of hydrogen-bond donors (Lipinski definition) is 0. The Hall–Kier alpha value is 0.640. The number of hydrogen-bond acceptors (Lipinski definition) is 2. The third-order valence-corrected chi connectivity index (χ3v) is 3.10. The standard InChI is InChI=1S/C5H4BrCl2NS/c6-1-4(7)5(8)2-10-3-9/h1-2H2. The third kappa shape index (κ3) is 4.45. The Morgan fingerprint density at radius 1 is 1.50 bits per heavy atom. The number of thioether (sulfide) groups is 1. The van der Waals surface area contributed by atoms with E-state index in [4.69, 9.17) is 28.5 Å². The normalized spacial score (nSPS) is 12.2. The van der Waals surface area contributed by atoms with Crippen LogP contribution in [-0.4, -0.2) is 11.1 Å². The van der Waals surface area contributed by atoms with Gasteiger partial charge in [0.25, 0.3) is 0 Å². The van der Waals surface area contributed by atoms with Crippen LogP contribution in [0.1, 0.15) is 0 Å². The SMILES string of the molecule is N#CSCC(Cl)=C(Cl)CBr. The van der Waals surface area contributed by atoms with Crippen LogP contribution in [0.2, 0.25) is 0 Å². The Bertz CT molecular complexity index is 175. The number of nitrogens with zero attached hydrogens (tertiary/aromatic N) is 1. The molecule has 0 bridgehead atoms. The maximum Gasteiger partial charge on any atom is 0.133 e. The Morgan fingerprint density at radius 3 is 2.50 bits per heavy atom. The average molecular weight is 261 g/mol. The van der Waals surface area contributed by atoms with Crippen molar-refractivity contribution in [2.45, 2.75) is 0 Å².